The zero-order valence-corrected chi connectivity index (χ0v) is 36.5. The number of nitrogens with two attached hydrogens (primary N) is 1. The number of nitrogens with one attached hydrogen (secondary N) is 2. The number of unbranched alkanes of at least 4 members (excludes halogenated alkanes) is 1. The van der Waals surface area contributed by atoms with Crippen LogP contribution in [0.5, 0.6) is 11.5 Å². The summed E-state index contributed by atoms with van der Waals surface area (Å²) < 4.78 is 5.49. The standard InChI is InChI=1S/C53H67N3O6/c1-62-51-29-38-18-22-49(60)44(48(59)12-6-5-11-41-28-40-16-20-43(58)32-47(40)56-53(41)24-7-2-8-25-53)21-17-35(46(38)33-50(51)61)15-19-42(57)31-45(39-23-26-55-52(54)30-39)37-14-13-34-9-3-4-10-36(34)27-37/h3-4,9-10,13-14,23,27,29-30,33,35,40-42,44-45,47-48,55-57,59,61H,2,5-8,11-12,15-16,18-20,22,24-26,28,31-32,54H2,1H3. The predicted molar refractivity (Wildman–Crippen MR) is 245 cm³/mol. The number of Topliss-reactive ketones (excluding diaryl/α,β-unsaturated/α-hetero) is 2. The Bertz CT molecular complexity index is 2210. The third-order valence-corrected chi connectivity index (χ3v) is 15.1. The quantitative estimate of drug-likeness (QED) is 0.0694. The molecule has 8 rings (SSSR count). The van der Waals surface area contributed by atoms with Crippen LogP contribution in [0.1, 0.15) is 138 Å². The van der Waals surface area contributed by atoms with E-state index in [9.17, 15) is 24.9 Å². The van der Waals surface area contributed by atoms with Crippen LogP contribution in [-0.2, 0) is 16.0 Å². The normalized spacial score (nSPS) is 26.2. The smallest absolute Gasteiger partial charge is 0.160 e. The van der Waals surface area contributed by atoms with E-state index in [1.54, 1.807) is 6.07 Å². The van der Waals surface area contributed by atoms with E-state index in [0.717, 1.165) is 58.7 Å². The van der Waals surface area contributed by atoms with Crippen LogP contribution in [-0.4, -0.2) is 64.3 Å². The number of ketones is 2. The van der Waals surface area contributed by atoms with Crippen molar-refractivity contribution in [1.82, 2.24) is 10.6 Å². The summed E-state index contributed by atoms with van der Waals surface area (Å²) in [4.78, 5) is 26.2. The number of carbonyl (C=O) groups excluding carboxylic acids is 2. The fourth-order valence-corrected chi connectivity index (χ4v) is 11.7. The van der Waals surface area contributed by atoms with Gasteiger partial charge in [0.25, 0.3) is 0 Å². The van der Waals surface area contributed by atoms with Gasteiger partial charge in [-0.05, 0) is 127 Å². The number of phenols is 1. The molecular weight excluding hydrogens is 775 g/mol. The van der Waals surface area contributed by atoms with Crippen LogP contribution in [0.3, 0.4) is 0 Å². The molecule has 7 N–H and O–H groups in total. The number of aliphatic hydroxyl groups is 2. The minimum Gasteiger partial charge on any atom is -0.504 e. The van der Waals surface area contributed by atoms with Crippen molar-refractivity contribution in [3.8, 4) is 23.3 Å². The molecule has 2 heterocycles. The molecule has 8 atom stereocenters. The first-order chi connectivity index (χ1) is 30.1. The maximum atomic E-state index is 13.9. The van der Waals surface area contributed by atoms with E-state index in [4.69, 9.17) is 10.5 Å². The molecule has 0 bridgehead atoms. The summed E-state index contributed by atoms with van der Waals surface area (Å²) in [5.41, 5.74) is 10.3. The molecule has 2 saturated carbocycles. The number of fused-ring (bicyclic) bond motifs is 3. The average Bonchev–Trinajstić information content (AvgIpc) is 3.33. The summed E-state index contributed by atoms with van der Waals surface area (Å²) in [6.45, 7) is 0.620. The third-order valence-electron chi connectivity index (χ3n) is 15.1. The zero-order valence-electron chi connectivity index (χ0n) is 36.5. The first-order valence-electron chi connectivity index (χ1n) is 23.6. The number of aliphatic hydroxyl groups excluding tert-OH is 2. The summed E-state index contributed by atoms with van der Waals surface area (Å²) in [6.07, 6.45) is 17.7. The monoisotopic (exact) mass is 842 g/mol. The Morgan fingerprint density at radius 1 is 0.935 bits per heavy atom. The number of piperidine rings is 1. The molecule has 2 aliphatic heterocycles. The molecule has 9 nitrogen and oxygen atoms in total. The molecule has 3 aromatic carbocycles. The largest absolute Gasteiger partial charge is 0.504 e. The molecule has 0 radical (unpaired) electrons. The van der Waals surface area contributed by atoms with Crippen LogP contribution in [0.2, 0.25) is 0 Å². The second-order valence-corrected chi connectivity index (χ2v) is 19.1. The van der Waals surface area contributed by atoms with E-state index in [1.807, 2.05) is 24.3 Å². The molecular formula is C53H67N3O6. The van der Waals surface area contributed by atoms with Crippen molar-refractivity contribution in [2.75, 3.05) is 13.7 Å². The van der Waals surface area contributed by atoms with Gasteiger partial charge < -0.3 is 36.4 Å². The number of dihydropyridines is 1. The zero-order chi connectivity index (χ0) is 43.2. The summed E-state index contributed by atoms with van der Waals surface area (Å²) in [6, 6.07) is 18.6. The van der Waals surface area contributed by atoms with Crippen molar-refractivity contribution in [2.45, 2.75) is 151 Å². The highest BCUT2D eigenvalue weighted by Gasteiger charge is 2.48. The van der Waals surface area contributed by atoms with Gasteiger partial charge in [0.15, 0.2) is 17.3 Å². The van der Waals surface area contributed by atoms with Crippen molar-refractivity contribution >= 4 is 22.3 Å². The van der Waals surface area contributed by atoms with Crippen LogP contribution >= 0.6 is 0 Å². The number of allylic oxidation sites excluding steroid dienone is 2. The Balaban J connectivity index is 0.961. The number of aromatic hydroxyl groups is 1. The number of ether oxygens (including phenoxy) is 1. The van der Waals surface area contributed by atoms with Gasteiger partial charge >= 0.3 is 0 Å². The lowest BCUT2D eigenvalue weighted by atomic mass is 9.62. The topological polar surface area (TPSA) is 154 Å². The SMILES string of the molecule is COc1cc2c(cc1O)C(CCC(O)CC(C1=CCNC(N)=C1)c1ccc3ccccc3c1)C#CC(C(O)CCCCC1CC3CCC(=O)CC3NC13CCCCC3)C(=O)CC2. The minimum absolute atomic E-state index is 0.00927. The average molecular weight is 842 g/mol. The van der Waals surface area contributed by atoms with Gasteiger partial charge in [-0.25, -0.2) is 0 Å². The lowest BCUT2D eigenvalue weighted by Crippen LogP contribution is -2.63. The lowest BCUT2D eigenvalue weighted by Gasteiger charge is -2.54. The first kappa shape index (κ1) is 44.0. The van der Waals surface area contributed by atoms with Crippen LogP contribution in [0.25, 0.3) is 10.8 Å². The van der Waals surface area contributed by atoms with E-state index >= 15 is 0 Å². The molecule has 1 spiro atoms. The van der Waals surface area contributed by atoms with Crippen molar-refractivity contribution in [1.29, 1.82) is 0 Å². The number of aryl methyl sites for hydroxylation is 1. The van der Waals surface area contributed by atoms with E-state index in [-0.39, 0.29) is 35.3 Å². The van der Waals surface area contributed by atoms with Crippen molar-refractivity contribution in [3.63, 3.8) is 0 Å². The van der Waals surface area contributed by atoms with Gasteiger partial charge in [0, 0.05) is 49.2 Å². The highest BCUT2D eigenvalue weighted by atomic mass is 16.5. The van der Waals surface area contributed by atoms with Gasteiger partial charge in [-0.1, -0.05) is 92.5 Å². The van der Waals surface area contributed by atoms with Gasteiger partial charge in [-0.2, -0.15) is 0 Å². The fraction of sp³-hybridized carbons (Fsp3) is 0.547. The first-order valence-corrected chi connectivity index (χ1v) is 23.6. The summed E-state index contributed by atoms with van der Waals surface area (Å²) in [5, 5.41) is 44.0. The van der Waals surface area contributed by atoms with Crippen molar-refractivity contribution < 1.29 is 29.6 Å². The molecule has 62 heavy (non-hydrogen) atoms. The third kappa shape index (κ3) is 10.1. The lowest BCUT2D eigenvalue weighted by molar-refractivity contribution is -0.124. The molecule has 3 fully saturated rings. The van der Waals surface area contributed by atoms with Gasteiger partial charge in [-0.3, -0.25) is 9.59 Å². The maximum Gasteiger partial charge on any atom is 0.160 e. The number of hydrogen-bond donors (Lipinski definition) is 6. The number of phenolic OH excluding ortho intramolecular Hbond substituents is 1. The van der Waals surface area contributed by atoms with Crippen molar-refractivity contribution in [3.05, 3.63) is 94.8 Å². The van der Waals surface area contributed by atoms with E-state index < -0.39 is 18.1 Å². The number of hydrogen-bond acceptors (Lipinski definition) is 9. The Hall–Kier alpha value is -4.62. The molecule has 330 valence electrons. The maximum absolute atomic E-state index is 13.9. The van der Waals surface area contributed by atoms with E-state index in [2.05, 4.69) is 58.9 Å². The molecule has 0 aromatic heterocycles. The molecule has 3 aromatic rings. The molecule has 1 saturated heterocycles. The Morgan fingerprint density at radius 3 is 2.56 bits per heavy atom. The highest BCUT2D eigenvalue weighted by Crippen LogP contribution is 2.47. The molecule has 9 heteroatoms. The Labute approximate surface area is 368 Å². The minimum atomic E-state index is -0.881. The number of benzene rings is 3. The summed E-state index contributed by atoms with van der Waals surface area (Å²) in [5.74, 6) is 7.83. The van der Waals surface area contributed by atoms with E-state index in [1.165, 1.54) is 45.6 Å². The van der Waals surface area contributed by atoms with Gasteiger partial charge in [-0.15, -0.1) is 0 Å². The van der Waals surface area contributed by atoms with Crippen LogP contribution < -0.4 is 21.1 Å². The number of carbonyl (C=O) groups is 2. The Morgan fingerprint density at radius 2 is 1.76 bits per heavy atom. The van der Waals surface area contributed by atoms with Crippen LogP contribution in [0.15, 0.2) is 78.1 Å². The molecule has 5 aliphatic rings. The highest BCUT2D eigenvalue weighted by molar-refractivity contribution is 5.85. The second kappa shape index (κ2) is 19.8. The fourth-order valence-electron chi connectivity index (χ4n) is 11.7. The predicted octanol–water partition coefficient (Wildman–Crippen LogP) is 8.39. The molecule has 3 aliphatic carbocycles. The number of rotatable bonds is 14. The van der Waals surface area contributed by atoms with Gasteiger partial charge in [0.05, 0.1) is 25.1 Å². The molecule has 8 unspecified atom stereocenters. The van der Waals surface area contributed by atoms with Crippen LogP contribution in [0, 0.1) is 29.6 Å². The second-order valence-electron chi connectivity index (χ2n) is 19.1. The van der Waals surface area contributed by atoms with Gasteiger partial charge in [0.1, 0.15) is 11.7 Å². The van der Waals surface area contributed by atoms with Gasteiger partial charge in [0.2, 0.25) is 0 Å². The number of methoxy groups -OCH3 is 1. The summed E-state index contributed by atoms with van der Waals surface area (Å²) >= 11 is 0. The van der Waals surface area contributed by atoms with Crippen molar-refractivity contribution in [2.24, 2.45) is 23.5 Å². The molecule has 0 amide bonds. The summed E-state index contributed by atoms with van der Waals surface area (Å²) in [7, 11) is 1.52. The Kier molecular flexibility index (Phi) is 14.1. The van der Waals surface area contributed by atoms with Crippen LogP contribution in [0.4, 0.5) is 0 Å². The van der Waals surface area contributed by atoms with E-state index in [0.29, 0.717) is 86.7 Å².